The molecule has 1 unspecified atom stereocenters. The lowest BCUT2D eigenvalue weighted by Gasteiger charge is -2.16. The first-order valence-corrected chi connectivity index (χ1v) is 5.48. The number of anilines is 2. The zero-order chi connectivity index (χ0) is 12.1. The highest BCUT2D eigenvalue weighted by molar-refractivity contribution is 5.46. The molecular formula is C11H20N4O. The molecule has 5 nitrogen and oxygen atoms in total. The molecule has 1 rings (SSSR count). The minimum atomic E-state index is -0.368. The van der Waals surface area contributed by atoms with Crippen molar-refractivity contribution in [3.05, 3.63) is 11.8 Å². The predicted octanol–water partition coefficient (Wildman–Crippen LogP) is 1.26. The molecule has 5 heteroatoms. The van der Waals surface area contributed by atoms with E-state index in [1.54, 1.807) is 13.2 Å². The minimum absolute atomic E-state index is 0.235. The molecule has 16 heavy (non-hydrogen) atoms. The van der Waals surface area contributed by atoms with Crippen LogP contribution in [-0.4, -0.2) is 34.8 Å². The number of nitrogens with zero attached hydrogens (tertiary/aromatic N) is 2. The molecule has 1 aromatic rings. The molecule has 0 saturated carbocycles. The van der Waals surface area contributed by atoms with E-state index in [2.05, 4.69) is 20.6 Å². The van der Waals surface area contributed by atoms with Crippen LogP contribution in [0.5, 0.6) is 0 Å². The summed E-state index contributed by atoms with van der Waals surface area (Å²) in [5.41, 5.74) is 0.968. The zero-order valence-electron chi connectivity index (χ0n) is 10.3. The van der Waals surface area contributed by atoms with E-state index in [9.17, 15) is 5.11 Å². The molecule has 0 aromatic carbocycles. The SMILES string of the molecule is CNc1ncc(C)c(NCC(O)C(C)C)n1. The van der Waals surface area contributed by atoms with Crippen LogP contribution in [0.25, 0.3) is 0 Å². The van der Waals surface area contributed by atoms with Crippen LogP contribution in [-0.2, 0) is 0 Å². The van der Waals surface area contributed by atoms with Gasteiger partial charge in [0.2, 0.25) is 5.95 Å². The second kappa shape index (κ2) is 5.65. The van der Waals surface area contributed by atoms with Gasteiger partial charge in [-0.1, -0.05) is 13.8 Å². The van der Waals surface area contributed by atoms with Crippen molar-refractivity contribution in [1.29, 1.82) is 0 Å². The summed E-state index contributed by atoms with van der Waals surface area (Å²) < 4.78 is 0. The lowest BCUT2D eigenvalue weighted by Crippen LogP contribution is -2.25. The van der Waals surface area contributed by atoms with Gasteiger partial charge in [0.1, 0.15) is 5.82 Å². The lowest BCUT2D eigenvalue weighted by atomic mass is 10.1. The fraction of sp³-hybridized carbons (Fsp3) is 0.636. The van der Waals surface area contributed by atoms with Crippen LogP contribution in [0.15, 0.2) is 6.20 Å². The maximum Gasteiger partial charge on any atom is 0.224 e. The molecule has 0 radical (unpaired) electrons. The number of aromatic nitrogens is 2. The van der Waals surface area contributed by atoms with Crippen molar-refractivity contribution >= 4 is 11.8 Å². The van der Waals surface area contributed by atoms with Gasteiger partial charge in [0.25, 0.3) is 0 Å². The van der Waals surface area contributed by atoms with E-state index in [-0.39, 0.29) is 12.0 Å². The molecule has 90 valence electrons. The van der Waals surface area contributed by atoms with Gasteiger partial charge in [0, 0.05) is 25.4 Å². The molecule has 0 amide bonds. The average molecular weight is 224 g/mol. The van der Waals surface area contributed by atoms with Gasteiger partial charge < -0.3 is 15.7 Å². The Morgan fingerprint density at radius 3 is 2.69 bits per heavy atom. The largest absolute Gasteiger partial charge is 0.391 e. The van der Waals surface area contributed by atoms with Crippen LogP contribution in [0.2, 0.25) is 0 Å². The number of aryl methyl sites for hydroxylation is 1. The Bertz CT molecular complexity index is 341. The van der Waals surface area contributed by atoms with Crippen molar-refractivity contribution < 1.29 is 5.11 Å². The summed E-state index contributed by atoms with van der Waals surface area (Å²) in [5, 5.41) is 15.7. The van der Waals surface area contributed by atoms with Gasteiger partial charge in [-0.15, -0.1) is 0 Å². The third-order valence-corrected chi connectivity index (χ3v) is 2.44. The summed E-state index contributed by atoms with van der Waals surface area (Å²) in [4.78, 5) is 8.37. The second-order valence-corrected chi connectivity index (χ2v) is 4.17. The molecule has 1 atom stereocenters. The van der Waals surface area contributed by atoms with Gasteiger partial charge in [-0.3, -0.25) is 0 Å². The van der Waals surface area contributed by atoms with Gasteiger partial charge in [-0.25, -0.2) is 4.98 Å². The van der Waals surface area contributed by atoms with E-state index in [0.29, 0.717) is 12.5 Å². The predicted molar refractivity (Wildman–Crippen MR) is 65.7 cm³/mol. The van der Waals surface area contributed by atoms with E-state index in [1.807, 2.05) is 20.8 Å². The summed E-state index contributed by atoms with van der Waals surface area (Å²) in [6.45, 7) is 6.40. The Balaban J connectivity index is 2.65. The molecular weight excluding hydrogens is 204 g/mol. The molecule has 1 heterocycles. The van der Waals surface area contributed by atoms with Crippen LogP contribution in [0.4, 0.5) is 11.8 Å². The Morgan fingerprint density at radius 1 is 1.44 bits per heavy atom. The first-order chi connectivity index (χ1) is 7.54. The van der Waals surface area contributed by atoms with E-state index < -0.39 is 0 Å². The molecule has 0 spiro atoms. The highest BCUT2D eigenvalue weighted by Gasteiger charge is 2.10. The number of hydrogen-bond acceptors (Lipinski definition) is 5. The van der Waals surface area contributed by atoms with E-state index >= 15 is 0 Å². The average Bonchev–Trinajstić information content (AvgIpc) is 2.27. The molecule has 0 bridgehead atoms. The Kier molecular flexibility index (Phi) is 4.49. The van der Waals surface area contributed by atoms with Crippen molar-refractivity contribution in [2.45, 2.75) is 26.9 Å². The molecule has 0 aliphatic rings. The van der Waals surface area contributed by atoms with Crippen LogP contribution < -0.4 is 10.6 Å². The molecule has 0 aliphatic carbocycles. The maximum absolute atomic E-state index is 9.68. The third kappa shape index (κ3) is 3.34. The first kappa shape index (κ1) is 12.7. The Labute approximate surface area is 96.3 Å². The number of aliphatic hydroxyl groups excluding tert-OH is 1. The van der Waals surface area contributed by atoms with Crippen LogP contribution in [0, 0.1) is 12.8 Å². The topological polar surface area (TPSA) is 70.1 Å². The van der Waals surface area contributed by atoms with Crippen LogP contribution >= 0.6 is 0 Å². The van der Waals surface area contributed by atoms with Crippen molar-refractivity contribution in [1.82, 2.24) is 9.97 Å². The Morgan fingerprint density at radius 2 is 2.12 bits per heavy atom. The van der Waals surface area contributed by atoms with E-state index in [0.717, 1.165) is 11.4 Å². The third-order valence-electron chi connectivity index (χ3n) is 2.44. The zero-order valence-corrected chi connectivity index (χ0v) is 10.3. The van der Waals surface area contributed by atoms with Crippen molar-refractivity contribution in [2.24, 2.45) is 5.92 Å². The van der Waals surface area contributed by atoms with Crippen molar-refractivity contribution in [3.8, 4) is 0 Å². The summed E-state index contributed by atoms with van der Waals surface area (Å²) in [7, 11) is 1.78. The summed E-state index contributed by atoms with van der Waals surface area (Å²) in [6.07, 6.45) is 1.38. The molecule has 0 fully saturated rings. The molecule has 1 aromatic heterocycles. The lowest BCUT2D eigenvalue weighted by molar-refractivity contribution is 0.138. The van der Waals surface area contributed by atoms with E-state index in [4.69, 9.17) is 0 Å². The van der Waals surface area contributed by atoms with Gasteiger partial charge in [0.15, 0.2) is 0 Å². The molecule has 0 saturated heterocycles. The fourth-order valence-electron chi connectivity index (χ4n) is 1.18. The van der Waals surface area contributed by atoms with Gasteiger partial charge >= 0.3 is 0 Å². The quantitative estimate of drug-likeness (QED) is 0.702. The van der Waals surface area contributed by atoms with Gasteiger partial charge in [-0.2, -0.15) is 4.98 Å². The van der Waals surface area contributed by atoms with Crippen LogP contribution in [0.3, 0.4) is 0 Å². The number of nitrogens with one attached hydrogen (secondary N) is 2. The molecule has 0 aliphatic heterocycles. The van der Waals surface area contributed by atoms with Gasteiger partial charge in [0.05, 0.1) is 6.10 Å². The summed E-state index contributed by atoms with van der Waals surface area (Å²) >= 11 is 0. The number of rotatable bonds is 5. The molecule has 3 N–H and O–H groups in total. The van der Waals surface area contributed by atoms with Crippen LogP contribution in [0.1, 0.15) is 19.4 Å². The summed E-state index contributed by atoms with van der Waals surface area (Å²) in [5.74, 6) is 1.57. The van der Waals surface area contributed by atoms with Crippen molar-refractivity contribution in [3.63, 3.8) is 0 Å². The maximum atomic E-state index is 9.68. The second-order valence-electron chi connectivity index (χ2n) is 4.17. The van der Waals surface area contributed by atoms with E-state index in [1.165, 1.54) is 0 Å². The standard InChI is InChI=1S/C11H20N4O/c1-7(2)9(16)6-13-10-8(3)5-14-11(12-4)15-10/h5,7,9,16H,6H2,1-4H3,(H2,12,13,14,15). The summed E-state index contributed by atoms with van der Waals surface area (Å²) in [6, 6.07) is 0. The smallest absolute Gasteiger partial charge is 0.224 e. The first-order valence-electron chi connectivity index (χ1n) is 5.48. The fourth-order valence-corrected chi connectivity index (χ4v) is 1.18. The normalized spacial score (nSPS) is 12.6. The number of hydrogen-bond donors (Lipinski definition) is 3. The Hall–Kier alpha value is -1.36. The highest BCUT2D eigenvalue weighted by Crippen LogP contribution is 2.12. The minimum Gasteiger partial charge on any atom is -0.391 e. The monoisotopic (exact) mass is 224 g/mol. The number of aliphatic hydroxyl groups is 1. The highest BCUT2D eigenvalue weighted by atomic mass is 16.3. The van der Waals surface area contributed by atoms with Crippen molar-refractivity contribution in [2.75, 3.05) is 24.2 Å². The van der Waals surface area contributed by atoms with Gasteiger partial charge in [-0.05, 0) is 12.8 Å².